The lowest BCUT2D eigenvalue weighted by molar-refractivity contribution is 0.120. The van der Waals surface area contributed by atoms with Crippen molar-refractivity contribution in [1.82, 2.24) is 30.1 Å². The molecule has 0 unspecified atom stereocenters. The SMILES string of the molecule is CCc1ccc2[nH]c(=O)c(CN(CCCO)[C@@H](c3nnnn3C3CCCC3)C(C)C)cc2c1. The van der Waals surface area contributed by atoms with E-state index >= 15 is 0 Å². The molecule has 0 saturated heterocycles. The van der Waals surface area contributed by atoms with Crippen molar-refractivity contribution < 1.29 is 5.11 Å². The lowest BCUT2D eigenvalue weighted by atomic mass is 9.99. The third-order valence-corrected chi connectivity index (χ3v) is 6.85. The molecule has 1 aliphatic carbocycles. The number of tetrazole rings is 1. The van der Waals surface area contributed by atoms with Crippen molar-refractivity contribution in [1.29, 1.82) is 0 Å². The summed E-state index contributed by atoms with van der Waals surface area (Å²) in [7, 11) is 0. The van der Waals surface area contributed by atoms with Crippen LogP contribution in [-0.2, 0) is 13.0 Å². The molecule has 1 fully saturated rings. The summed E-state index contributed by atoms with van der Waals surface area (Å²) in [4.78, 5) is 18.3. The van der Waals surface area contributed by atoms with Crippen LogP contribution >= 0.6 is 0 Å². The predicted molar refractivity (Wildman–Crippen MR) is 129 cm³/mol. The Labute approximate surface area is 195 Å². The van der Waals surface area contributed by atoms with Gasteiger partial charge >= 0.3 is 0 Å². The first-order chi connectivity index (χ1) is 16.0. The minimum atomic E-state index is -0.0707. The number of H-pyrrole nitrogens is 1. The van der Waals surface area contributed by atoms with Gasteiger partial charge in [-0.05, 0) is 71.2 Å². The zero-order valence-corrected chi connectivity index (χ0v) is 20.0. The van der Waals surface area contributed by atoms with Crippen molar-refractivity contribution >= 4 is 10.9 Å². The average Bonchev–Trinajstić information content (AvgIpc) is 3.49. The molecule has 33 heavy (non-hydrogen) atoms. The fraction of sp³-hybridized carbons (Fsp3) is 0.600. The maximum absolute atomic E-state index is 13.0. The molecule has 2 N–H and O–H groups in total. The van der Waals surface area contributed by atoms with E-state index in [0.29, 0.717) is 25.6 Å². The van der Waals surface area contributed by atoms with Crippen LogP contribution in [0, 0.1) is 5.92 Å². The number of aromatic amines is 1. The van der Waals surface area contributed by atoms with Crippen molar-refractivity contribution in [2.24, 2.45) is 5.92 Å². The first-order valence-corrected chi connectivity index (χ1v) is 12.3. The molecule has 2 aromatic heterocycles. The van der Waals surface area contributed by atoms with Gasteiger partial charge in [-0.2, -0.15) is 0 Å². The highest BCUT2D eigenvalue weighted by Crippen LogP contribution is 2.34. The first kappa shape index (κ1) is 23.6. The van der Waals surface area contributed by atoms with Gasteiger partial charge in [0.1, 0.15) is 0 Å². The molecule has 1 aromatic carbocycles. The van der Waals surface area contributed by atoms with E-state index in [-0.39, 0.29) is 24.1 Å². The molecule has 0 aliphatic heterocycles. The Bertz CT molecular complexity index is 1120. The summed E-state index contributed by atoms with van der Waals surface area (Å²) >= 11 is 0. The number of benzene rings is 1. The third kappa shape index (κ3) is 5.17. The number of hydrogen-bond donors (Lipinski definition) is 2. The highest BCUT2D eigenvalue weighted by Gasteiger charge is 2.32. The van der Waals surface area contributed by atoms with Crippen LogP contribution < -0.4 is 5.56 Å². The van der Waals surface area contributed by atoms with Crippen LogP contribution in [0.4, 0.5) is 0 Å². The number of hydrogen-bond acceptors (Lipinski definition) is 6. The fourth-order valence-corrected chi connectivity index (χ4v) is 5.13. The first-order valence-electron chi connectivity index (χ1n) is 12.3. The molecule has 0 amide bonds. The molecule has 2 heterocycles. The van der Waals surface area contributed by atoms with E-state index in [4.69, 9.17) is 0 Å². The Morgan fingerprint density at radius 1 is 1.24 bits per heavy atom. The van der Waals surface area contributed by atoms with E-state index in [0.717, 1.165) is 41.6 Å². The number of fused-ring (bicyclic) bond motifs is 1. The van der Waals surface area contributed by atoms with Crippen molar-refractivity contribution in [2.45, 2.75) is 77.9 Å². The number of aliphatic hydroxyl groups excluding tert-OH is 1. The molecule has 1 saturated carbocycles. The molecule has 0 radical (unpaired) electrons. The van der Waals surface area contributed by atoms with E-state index in [1.807, 2.05) is 16.8 Å². The summed E-state index contributed by atoms with van der Waals surface area (Å²) in [5.74, 6) is 1.10. The molecule has 178 valence electrons. The van der Waals surface area contributed by atoms with Gasteiger partial charge in [-0.15, -0.1) is 5.10 Å². The normalized spacial score (nSPS) is 15.8. The fourth-order valence-electron chi connectivity index (χ4n) is 5.13. The zero-order chi connectivity index (χ0) is 23.4. The number of aromatic nitrogens is 5. The Morgan fingerprint density at radius 3 is 2.73 bits per heavy atom. The number of pyridine rings is 1. The number of nitrogens with zero attached hydrogens (tertiary/aromatic N) is 5. The van der Waals surface area contributed by atoms with Crippen LogP contribution in [0.3, 0.4) is 0 Å². The van der Waals surface area contributed by atoms with Crippen molar-refractivity contribution in [3.8, 4) is 0 Å². The number of rotatable bonds is 10. The Hall–Kier alpha value is -2.58. The van der Waals surface area contributed by atoms with Crippen molar-refractivity contribution in [3.05, 3.63) is 51.6 Å². The Balaban J connectivity index is 1.70. The van der Waals surface area contributed by atoms with Crippen LogP contribution in [0.1, 0.15) is 81.9 Å². The molecule has 0 spiro atoms. The van der Waals surface area contributed by atoms with Crippen LogP contribution in [-0.4, -0.2) is 48.3 Å². The highest BCUT2D eigenvalue weighted by atomic mass is 16.3. The standard InChI is InChI=1S/C25H36N6O2/c1-4-18-10-11-22-19(14-18)15-20(25(33)26-22)16-30(12-7-13-32)23(17(2)3)24-27-28-29-31(24)21-8-5-6-9-21/h10-11,14-15,17,21,23,32H,4-9,12-13,16H2,1-3H3,(H,26,33)/t23-/m1/s1. The van der Waals surface area contributed by atoms with E-state index in [9.17, 15) is 9.90 Å². The van der Waals surface area contributed by atoms with Gasteiger partial charge in [-0.1, -0.05) is 39.7 Å². The van der Waals surface area contributed by atoms with Gasteiger partial charge in [-0.3, -0.25) is 9.69 Å². The van der Waals surface area contributed by atoms with Gasteiger partial charge in [0.05, 0.1) is 12.1 Å². The highest BCUT2D eigenvalue weighted by molar-refractivity contribution is 5.79. The molecule has 3 aromatic rings. The van der Waals surface area contributed by atoms with Gasteiger partial charge in [0, 0.05) is 30.8 Å². The van der Waals surface area contributed by atoms with Crippen LogP contribution in [0.15, 0.2) is 29.1 Å². The molecule has 8 heteroatoms. The van der Waals surface area contributed by atoms with E-state index in [2.05, 4.69) is 58.3 Å². The van der Waals surface area contributed by atoms with Crippen LogP contribution in [0.5, 0.6) is 0 Å². The number of aryl methyl sites for hydroxylation is 1. The predicted octanol–water partition coefficient (Wildman–Crippen LogP) is 3.77. The summed E-state index contributed by atoms with van der Waals surface area (Å²) < 4.78 is 2.02. The second-order valence-corrected chi connectivity index (χ2v) is 9.56. The molecular weight excluding hydrogens is 416 g/mol. The largest absolute Gasteiger partial charge is 0.396 e. The maximum atomic E-state index is 13.0. The van der Waals surface area contributed by atoms with Crippen molar-refractivity contribution in [3.63, 3.8) is 0 Å². The second-order valence-electron chi connectivity index (χ2n) is 9.56. The smallest absolute Gasteiger partial charge is 0.252 e. The maximum Gasteiger partial charge on any atom is 0.252 e. The second kappa shape index (κ2) is 10.6. The van der Waals surface area contributed by atoms with E-state index in [1.165, 1.54) is 18.4 Å². The molecule has 0 bridgehead atoms. The summed E-state index contributed by atoms with van der Waals surface area (Å²) in [5, 5.41) is 23.5. The third-order valence-electron chi connectivity index (χ3n) is 6.85. The Morgan fingerprint density at radius 2 is 2.03 bits per heavy atom. The van der Waals surface area contributed by atoms with E-state index < -0.39 is 0 Å². The molecular formula is C25H36N6O2. The molecule has 8 nitrogen and oxygen atoms in total. The van der Waals surface area contributed by atoms with Gasteiger partial charge in [0.15, 0.2) is 5.82 Å². The summed E-state index contributed by atoms with van der Waals surface area (Å²) in [6.45, 7) is 7.70. The van der Waals surface area contributed by atoms with E-state index in [1.54, 1.807) is 0 Å². The lowest BCUT2D eigenvalue weighted by Crippen LogP contribution is -2.37. The molecule has 4 rings (SSSR count). The average molecular weight is 453 g/mol. The molecule has 1 atom stereocenters. The topological polar surface area (TPSA) is 99.9 Å². The monoisotopic (exact) mass is 452 g/mol. The van der Waals surface area contributed by atoms with Gasteiger partial charge < -0.3 is 10.1 Å². The summed E-state index contributed by atoms with van der Waals surface area (Å²) in [6, 6.07) is 8.49. The minimum absolute atomic E-state index is 0.0516. The van der Waals surface area contributed by atoms with Crippen LogP contribution in [0.25, 0.3) is 10.9 Å². The number of aliphatic hydroxyl groups is 1. The van der Waals surface area contributed by atoms with Gasteiger partial charge in [0.2, 0.25) is 0 Å². The quantitative estimate of drug-likeness (QED) is 0.486. The Kier molecular flexibility index (Phi) is 7.55. The van der Waals surface area contributed by atoms with Crippen LogP contribution in [0.2, 0.25) is 0 Å². The lowest BCUT2D eigenvalue weighted by Gasteiger charge is -2.34. The number of nitrogens with one attached hydrogen (secondary N) is 1. The van der Waals surface area contributed by atoms with Gasteiger partial charge in [0.25, 0.3) is 5.56 Å². The van der Waals surface area contributed by atoms with Crippen molar-refractivity contribution in [2.75, 3.05) is 13.2 Å². The summed E-state index contributed by atoms with van der Waals surface area (Å²) in [6.07, 6.45) is 6.19. The minimum Gasteiger partial charge on any atom is -0.396 e. The molecule has 1 aliphatic rings. The zero-order valence-electron chi connectivity index (χ0n) is 20.0. The van der Waals surface area contributed by atoms with Gasteiger partial charge in [-0.25, -0.2) is 4.68 Å². The summed E-state index contributed by atoms with van der Waals surface area (Å²) in [5.41, 5.74) is 2.75.